The average molecular weight is 597 g/mol. The molecule has 2 aliphatic heterocycles. The molecule has 3 aromatic rings. The molecular weight excluding hydrogens is 552 g/mol. The largest absolute Gasteiger partial charge is 0.377 e. The predicted molar refractivity (Wildman–Crippen MR) is 175 cm³/mol. The highest BCUT2D eigenvalue weighted by Gasteiger charge is 2.37. The third kappa shape index (κ3) is 6.68. The van der Waals surface area contributed by atoms with Gasteiger partial charge in [0, 0.05) is 55.5 Å². The number of anilines is 1. The quantitative estimate of drug-likeness (QED) is 0.312. The van der Waals surface area contributed by atoms with Crippen LogP contribution in [0.1, 0.15) is 82.6 Å². The van der Waals surface area contributed by atoms with Crippen LogP contribution < -0.4 is 16.4 Å². The molecule has 0 bridgehead atoms. The summed E-state index contributed by atoms with van der Waals surface area (Å²) in [5, 5.41) is 16.0. The van der Waals surface area contributed by atoms with E-state index in [2.05, 4.69) is 34.9 Å². The lowest BCUT2D eigenvalue weighted by atomic mass is 9.76. The van der Waals surface area contributed by atoms with E-state index >= 15 is 0 Å². The molecule has 3 amide bonds. The second-order valence-corrected chi connectivity index (χ2v) is 11.3. The molecule has 0 saturated carbocycles. The minimum Gasteiger partial charge on any atom is -0.377 e. The van der Waals surface area contributed by atoms with Crippen molar-refractivity contribution in [1.82, 2.24) is 15.1 Å². The fourth-order valence-corrected chi connectivity index (χ4v) is 5.93. The van der Waals surface area contributed by atoms with Crippen molar-refractivity contribution < 1.29 is 14.4 Å². The van der Waals surface area contributed by atoms with E-state index in [4.69, 9.17) is 5.73 Å². The molecular formula is C35H44N6O3. The highest BCUT2D eigenvalue weighted by atomic mass is 16.2. The molecule has 9 heteroatoms. The summed E-state index contributed by atoms with van der Waals surface area (Å²) in [6, 6.07) is 20.7. The predicted octanol–water partition coefficient (Wildman–Crippen LogP) is 4.79. The zero-order chi connectivity index (χ0) is 32.0. The van der Waals surface area contributed by atoms with Gasteiger partial charge in [0.2, 0.25) is 11.8 Å². The number of hydrogen-bond acceptors (Lipinski definition) is 6. The van der Waals surface area contributed by atoms with Gasteiger partial charge >= 0.3 is 0 Å². The van der Waals surface area contributed by atoms with E-state index < -0.39 is 11.8 Å². The van der Waals surface area contributed by atoms with Gasteiger partial charge in [-0.15, -0.1) is 0 Å². The van der Waals surface area contributed by atoms with Crippen LogP contribution in [-0.2, 0) is 11.3 Å². The van der Waals surface area contributed by atoms with Crippen molar-refractivity contribution in [1.29, 1.82) is 5.41 Å². The molecule has 2 aliphatic rings. The second kappa shape index (κ2) is 14.3. The first-order valence-electron chi connectivity index (χ1n) is 15.4. The minimum absolute atomic E-state index is 0.0612. The zero-order valence-electron chi connectivity index (χ0n) is 26.3. The maximum Gasteiger partial charge on any atom is 0.253 e. The van der Waals surface area contributed by atoms with Gasteiger partial charge in [-0.1, -0.05) is 70.2 Å². The lowest BCUT2D eigenvalue weighted by molar-refractivity contribution is -0.135. The number of nitrogens with one attached hydrogen (secondary N) is 3. The smallest absolute Gasteiger partial charge is 0.253 e. The Morgan fingerprint density at radius 1 is 0.909 bits per heavy atom. The molecule has 0 aromatic heterocycles. The van der Waals surface area contributed by atoms with Gasteiger partial charge in [0.15, 0.2) is 0 Å². The summed E-state index contributed by atoms with van der Waals surface area (Å²) in [6.07, 6.45) is 0. The summed E-state index contributed by atoms with van der Waals surface area (Å²) in [4.78, 5) is 41.6. The number of benzene rings is 3. The molecule has 2 unspecified atom stereocenters. The summed E-state index contributed by atoms with van der Waals surface area (Å²) in [6.45, 7) is 10.6. The summed E-state index contributed by atoms with van der Waals surface area (Å²) in [5.74, 6) is -1.03. The van der Waals surface area contributed by atoms with Gasteiger partial charge in [-0.3, -0.25) is 14.4 Å². The Kier molecular flexibility index (Phi) is 10.5. The summed E-state index contributed by atoms with van der Waals surface area (Å²) in [7, 11) is 1.91. The van der Waals surface area contributed by atoms with Gasteiger partial charge in [0.05, 0.1) is 23.2 Å². The minimum atomic E-state index is -0.580. The van der Waals surface area contributed by atoms with Crippen LogP contribution in [0.3, 0.4) is 0 Å². The van der Waals surface area contributed by atoms with E-state index in [0.717, 1.165) is 23.2 Å². The highest BCUT2D eigenvalue weighted by Crippen LogP contribution is 2.43. The van der Waals surface area contributed by atoms with Crippen molar-refractivity contribution in [3.05, 3.63) is 100 Å². The molecule has 9 nitrogen and oxygen atoms in total. The Labute approximate surface area is 260 Å². The monoisotopic (exact) mass is 596 g/mol. The summed E-state index contributed by atoms with van der Waals surface area (Å²) < 4.78 is 0. The van der Waals surface area contributed by atoms with Gasteiger partial charge in [0.25, 0.3) is 5.91 Å². The molecule has 0 aliphatic carbocycles. The number of fused-ring (bicyclic) bond motifs is 1. The maximum atomic E-state index is 13.3. The van der Waals surface area contributed by atoms with E-state index in [0.29, 0.717) is 54.3 Å². The standard InChI is InChI=1S/C33H38N6O3.C2H6/c1-20(2)32(41)38-15-17-39(18-16-38)33(42)24-13-11-22(12-14-24)27-29(34)28-25(31(35)40)5-4-6-26(28)37-30(27)23-9-7-21(8-10-23)19-36-3;1-2/h4-14,20,27,30,34,36-37H,15-19H2,1-3H3,(H2,35,40);1-2H3. The fourth-order valence-electron chi connectivity index (χ4n) is 5.93. The van der Waals surface area contributed by atoms with Crippen LogP contribution in [0, 0.1) is 11.3 Å². The molecule has 5 N–H and O–H groups in total. The van der Waals surface area contributed by atoms with E-state index in [1.165, 1.54) is 0 Å². The molecule has 1 saturated heterocycles. The van der Waals surface area contributed by atoms with Gasteiger partial charge < -0.3 is 31.6 Å². The maximum absolute atomic E-state index is 13.3. The van der Waals surface area contributed by atoms with Crippen molar-refractivity contribution in [2.45, 2.75) is 46.2 Å². The zero-order valence-corrected chi connectivity index (χ0v) is 26.3. The first kappa shape index (κ1) is 32.4. The number of amides is 3. The van der Waals surface area contributed by atoms with Crippen LogP contribution in [0.2, 0.25) is 0 Å². The second-order valence-electron chi connectivity index (χ2n) is 11.3. The fraction of sp³-hybridized carbons (Fsp3) is 0.371. The average Bonchev–Trinajstić information content (AvgIpc) is 3.05. The Bertz CT molecular complexity index is 1490. The molecule has 3 aromatic carbocycles. The lowest BCUT2D eigenvalue weighted by Crippen LogP contribution is -2.51. The number of carbonyl (C=O) groups excluding carboxylic acids is 3. The summed E-state index contributed by atoms with van der Waals surface area (Å²) >= 11 is 0. The Balaban J connectivity index is 0.00000216. The topological polar surface area (TPSA) is 132 Å². The Morgan fingerprint density at radius 3 is 2.07 bits per heavy atom. The number of primary amides is 1. The Morgan fingerprint density at radius 2 is 1.50 bits per heavy atom. The Hall–Kier alpha value is -4.50. The first-order chi connectivity index (χ1) is 21.2. The van der Waals surface area contributed by atoms with E-state index in [1.807, 2.05) is 57.8 Å². The summed E-state index contributed by atoms with van der Waals surface area (Å²) in [5.41, 5.74) is 11.1. The number of rotatable bonds is 7. The van der Waals surface area contributed by atoms with Crippen LogP contribution in [0.4, 0.5) is 5.69 Å². The van der Waals surface area contributed by atoms with Gasteiger partial charge in [-0.2, -0.15) is 0 Å². The van der Waals surface area contributed by atoms with Crippen LogP contribution in [0.15, 0.2) is 66.7 Å². The van der Waals surface area contributed by atoms with E-state index in [1.54, 1.807) is 29.2 Å². The normalized spacial score (nSPS) is 17.7. The van der Waals surface area contributed by atoms with E-state index in [9.17, 15) is 19.8 Å². The van der Waals surface area contributed by atoms with E-state index in [-0.39, 0.29) is 23.8 Å². The van der Waals surface area contributed by atoms with Crippen molar-refractivity contribution in [3.63, 3.8) is 0 Å². The molecule has 44 heavy (non-hydrogen) atoms. The van der Waals surface area contributed by atoms with Crippen molar-refractivity contribution in [2.24, 2.45) is 11.7 Å². The SMILES string of the molecule is CC.CNCc1ccc(C2Nc3cccc(C(N)=O)c3C(=N)C2c2ccc(C(=O)N3CCN(C(=O)C(C)C)CC3)cc2)cc1. The van der Waals surface area contributed by atoms with Crippen molar-refractivity contribution in [3.8, 4) is 0 Å². The van der Waals surface area contributed by atoms with Gasteiger partial charge in [-0.25, -0.2) is 0 Å². The van der Waals surface area contributed by atoms with Crippen LogP contribution in [0.25, 0.3) is 0 Å². The van der Waals surface area contributed by atoms with Crippen molar-refractivity contribution >= 4 is 29.1 Å². The number of nitrogens with two attached hydrogens (primary N) is 1. The number of hydrogen-bond donors (Lipinski definition) is 4. The molecule has 1 fully saturated rings. The van der Waals surface area contributed by atoms with Crippen LogP contribution in [-0.4, -0.2) is 66.5 Å². The molecule has 5 rings (SSSR count). The van der Waals surface area contributed by atoms with Crippen molar-refractivity contribution in [2.75, 3.05) is 38.5 Å². The number of nitrogens with zero attached hydrogens (tertiary/aromatic N) is 2. The van der Waals surface area contributed by atoms with Gasteiger partial charge in [0.1, 0.15) is 0 Å². The van der Waals surface area contributed by atoms with Crippen LogP contribution >= 0.6 is 0 Å². The number of carbonyl (C=O) groups is 3. The lowest BCUT2D eigenvalue weighted by Gasteiger charge is -2.37. The first-order valence-corrected chi connectivity index (χ1v) is 15.4. The van der Waals surface area contributed by atoms with Crippen LogP contribution in [0.5, 0.6) is 0 Å². The molecule has 2 heterocycles. The number of piperazine rings is 1. The van der Waals surface area contributed by atoms with Gasteiger partial charge in [-0.05, 0) is 48.0 Å². The molecule has 0 spiro atoms. The molecule has 0 radical (unpaired) electrons. The molecule has 2 atom stereocenters. The highest BCUT2D eigenvalue weighted by molar-refractivity contribution is 6.16. The third-order valence-corrected chi connectivity index (χ3v) is 8.16. The molecule has 232 valence electrons. The third-order valence-electron chi connectivity index (χ3n) is 8.16.